The van der Waals surface area contributed by atoms with Crippen molar-refractivity contribution in [1.82, 2.24) is 19.9 Å². The summed E-state index contributed by atoms with van der Waals surface area (Å²) in [7, 11) is 0. The number of rotatable bonds is 12. The van der Waals surface area contributed by atoms with E-state index in [0.717, 1.165) is 59.0 Å². The fourth-order valence-electron chi connectivity index (χ4n) is 4.53. The van der Waals surface area contributed by atoms with Crippen LogP contribution in [0.4, 0.5) is 0 Å². The molecule has 3 aromatic heterocycles. The van der Waals surface area contributed by atoms with E-state index in [9.17, 15) is 4.79 Å². The predicted octanol–water partition coefficient (Wildman–Crippen LogP) is 6.29. The van der Waals surface area contributed by atoms with Gasteiger partial charge in [0, 0.05) is 53.2 Å². The number of aromatic nitrogens is 3. The Morgan fingerprint density at radius 3 is 2.64 bits per heavy atom. The van der Waals surface area contributed by atoms with Gasteiger partial charge in [-0.2, -0.15) is 5.10 Å². The van der Waals surface area contributed by atoms with Crippen LogP contribution in [-0.2, 0) is 35.5 Å². The number of benzene rings is 1. The van der Waals surface area contributed by atoms with E-state index in [-0.39, 0.29) is 5.97 Å². The van der Waals surface area contributed by atoms with Crippen molar-refractivity contribution in [3.05, 3.63) is 87.9 Å². The van der Waals surface area contributed by atoms with Crippen LogP contribution >= 0.6 is 15.9 Å². The molecule has 36 heavy (non-hydrogen) atoms. The lowest BCUT2D eigenvalue weighted by Gasteiger charge is -2.18. The molecule has 0 saturated heterocycles. The Morgan fingerprint density at radius 2 is 1.89 bits per heavy atom. The van der Waals surface area contributed by atoms with Gasteiger partial charge < -0.3 is 10.1 Å². The number of fused-ring (bicyclic) bond motifs is 1. The molecule has 0 aliphatic carbocycles. The van der Waals surface area contributed by atoms with Crippen LogP contribution in [0.2, 0.25) is 0 Å². The van der Waals surface area contributed by atoms with Gasteiger partial charge in [0.2, 0.25) is 0 Å². The molecule has 188 valence electrons. The summed E-state index contributed by atoms with van der Waals surface area (Å²) in [6, 6.07) is 16.8. The van der Waals surface area contributed by atoms with Gasteiger partial charge in [-0.3, -0.25) is 9.78 Å². The Morgan fingerprint density at radius 1 is 1.06 bits per heavy atom. The maximum absolute atomic E-state index is 11.9. The molecule has 7 heteroatoms. The Labute approximate surface area is 221 Å². The molecular weight excluding hydrogens is 516 g/mol. The summed E-state index contributed by atoms with van der Waals surface area (Å²) >= 11 is 3.60. The largest absolute Gasteiger partial charge is 0.466 e. The predicted molar refractivity (Wildman–Crippen MR) is 147 cm³/mol. The van der Waals surface area contributed by atoms with Gasteiger partial charge in [-0.05, 0) is 77.9 Å². The standard InChI is InChI=1S/C29H33BrN4O2/c1-3-24-14-15-27-29(22-16-23(30)19-32-18-22)25(12-8-9-13-28(35)36-4-2)26(33-34(24)27)20-31-17-21-10-6-5-7-11-21/h5-7,10-11,14-16,18-19,31H,3-4,8-9,12-13,17,20H2,1-2H3. The van der Waals surface area contributed by atoms with Crippen molar-refractivity contribution in [3.63, 3.8) is 0 Å². The molecule has 4 rings (SSSR count). The highest BCUT2D eigenvalue weighted by atomic mass is 79.9. The van der Waals surface area contributed by atoms with Crippen LogP contribution in [0.3, 0.4) is 0 Å². The number of ether oxygens (including phenoxy) is 1. The van der Waals surface area contributed by atoms with Crippen molar-refractivity contribution in [2.45, 2.75) is 59.0 Å². The van der Waals surface area contributed by atoms with Crippen LogP contribution in [0.25, 0.3) is 16.6 Å². The van der Waals surface area contributed by atoms with Crippen LogP contribution in [-0.4, -0.2) is 27.2 Å². The van der Waals surface area contributed by atoms with Gasteiger partial charge in [-0.1, -0.05) is 37.3 Å². The molecule has 0 unspecified atom stereocenters. The third-order valence-electron chi connectivity index (χ3n) is 6.24. The van der Waals surface area contributed by atoms with E-state index in [0.29, 0.717) is 19.6 Å². The number of pyridine rings is 1. The molecule has 0 radical (unpaired) electrons. The van der Waals surface area contributed by atoms with Crippen molar-refractivity contribution >= 4 is 27.4 Å². The summed E-state index contributed by atoms with van der Waals surface area (Å²) < 4.78 is 8.13. The lowest BCUT2D eigenvalue weighted by atomic mass is 9.95. The second-order valence-corrected chi connectivity index (χ2v) is 9.68. The number of hydrogen-bond donors (Lipinski definition) is 1. The zero-order valence-electron chi connectivity index (χ0n) is 21.0. The monoisotopic (exact) mass is 548 g/mol. The number of carbonyl (C=O) groups excluding carboxylic acids is 1. The van der Waals surface area contributed by atoms with Gasteiger partial charge in [0.1, 0.15) is 0 Å². The van der Waals surface area contributed by atoms with E-state index in [1.165, 1.54) is 16.8 Å². The third-order valence-corrected chi connectivity index (χ3v) is 6.68. The van der Waals surface area contributed by atoms with Crippen LogP contribution in [0, 0.1) is 0 Å². The van der Waals surface area contributed by atoms with Crippen molar-refractivity contribution in [1.29, 1.82) is 0 Å². The zero-order valence-corrected chi connectivity index (χ0v) is 22.6. The molecule has 3 heterocycles. The first-order chi connectivity index (χ1) is 17.6. The molecule has 0 amide bonds. The number of aryl methyl sites for hydroxylation is 1. The zero-order chi connectivity index (χ0) is 25.3. The molecule has 1 N–H and O–H groups in total. The van der Waals surface area contributed by atoms with Gasteiger partial charge in [-0.15, -0.1) is 0 Å². The minimum atomic E-state index is -0.133. The van der Waals surface area contributed by atoms with Crippen molar-refractivity contribution in [3.8, 4) is 11.1 Å². The van der Waals surface area contributed by atoms with Gasteiger partial charge in [0.25, 0.3) is 0 Å². The van der Waals surface area contributed by atoms with Crippen LogP contribution in [0.5, 0.6) is 0 Å². The van der Waals surface area contributed by atoms with Crippen molar-refractivity contribution in [2.24, 2.45) is 0 Å². The van der Waals surface area contributed by atoms with E-state index in [4.69, 9.17) is 9.84 Å². The van der Waals surface area contributed by atoms with Gasteiger partial charge in [0.15, 0.2) is 0 Å². The maximum Gasteiger partial charge on any atom is 0.305 e. The van der Waals surface area contributed by atoms with Crippen molar-refractivity contribution in [2.75, 3.05) is 6.61 Å². The second kappa shape index (κ2) is 12.8. The molecular formula is C29H33BrN4O2. The fraction of sp³-hybridized carbons (Fsp3) is 0.345. The normalized spacial score (nSPS) is 11.2. The highest BCUT2D eigenvalue weighted by Gasteiger charge is 2.19. The summed E-state index contributed by atoms with van der Waals surface area (Å²) in [5.74, 6) is -0.133. The van der Waals surface area contributed by atoms with E-state index >= 15 is 0 Å². The molecule has 4 aromatic rings. The van der Waals surface area contributed by atoms with E-state index in [1.807, 2.05) is 19.2 Å². The summed E-state index contributed by atoms with van der Waals surface area (Å²) in [4.78, 5) is 16.3. The average molecular weight is 550 g/mol. The Balaban J connectivity index is 1.71. The number of nitrogens with zero attached hydrogens (tertiary/aromatic N) is 3. The first kappa shape index (κ1) is 26.0. The Bertz CT molecular complexity index is 1300. The summed E-state index contributed by atoms with van der Waals surface area (Å²) in [5.41, 5.74) is 7.93. The number of unbranched alkanes of at least 4 members (excludes halogenated alkanes) is 1. The maximum atomic E-state index is 11.9. The lowest BCUT2D eigenvalue weighted by Crippen LogP contribution is -2.18. The molecule has 0 spiro atoms. The van der Waals surface area contributed by atoms with Crippen LogP contribution in [0.1, 0.15) is 55.6 Å². The van der Waals surface area contributed by atoms with Gasteiger partial charge >= 0.3 is 5.97 Å². The van der Waals surface area contributed by atoms with Crippen LogP contribution < -0.4 is 5.32 Å². The summed E-state index contributed by atoms with van der Waals surface area (Å²) in [6.45, 7) is 5.83. The minimum absolute atomic E-state index is 0.133. The van der Waals surface area contributed by atoms with E-state index in [1.54, 1.807) is 6.20 Å². The van der Waals surface area contributed by atoms with Gasteiger partial charge in [-0.25, -0.2) is 4.52 Å². The highest BCUT2D eigenvalue weighted by molar-refractivity contribution is 9.10. The van der Waals surface area contributed by atoms with Crippen molar-refractivity contribution < 1.29 is 9.53 Å². The quantitative estimate of drug-likeness (QED) is 0.166. The molecule has 0 fully saturated rings. The molecule has 0 saturated carbocycles. The van der Waals surface area contributed by atoms with Crippen LogP contribution in [0.15, 0.2) is 65.4 Å². The number of carbonyl (C=O) groups is 1. The molecule has 1 aromatic carbocycles. The Kier molecular flexibility index (Phi) is 9.25. The second-order valence-electron chi connectivity index (χ2n) is 8.77. The summed E-state index contributed by atoms with van der Waals surface area (Å²) in [6.07, 6.45) is 7.52. The molecule has 0 atom stereocenters. The molecule has 0 bridgehead atoms. The molecule has 6 nitrogen and oxygen atoms in total. The first-order valence-electron chi connectivity index (χ1n) is 12.6. The Hall–Kier alpha value is -3.03. The van der Waals surface area contributed by atoms with Gasteiger partial charge in [0.05, 0.1) is 17.8 Å². The fourth-order valence-corrected chi connectivity index (χ4v) is 4.90. The minimum Gasteiger partial charge on any atom is -0.466 e. The number of nitrogens with one attached hydrogen (secondary N) is 1. The molecule has 0 aliphatic rings. The van der Waals surface area contributed by atoms with E-state index in [2.05, 4.69) is 80.1 Å². The summed E-state index contributed by atoms with van der Waals surface area (Å²) in [5, 5.41) is 8.71. The lowest BCUT2D eigenvalue weighted by molar-refractivity contribution is -0.143. The number of esters is 1. The highest BCUT2D eigenvalue weighted by Crippen LogP contribution is 2.33. The average Bonchev–Trinajstić information content (AvgIpc) is 3.29. The topological polar surface area (TPSA) is 68.5 Å². The molecule has 0 aliphatic heterocycles. The number of halogens is 1. The smallest absolute Gasteiger partial charge is 0.305 e. The number of hydrogen-bond acceptors (Lipinski definition) is 5. The SMILES string of the molecule is CCOC(=O)CCCCc1c(CNCc2ccccc2)nn2c(CC)ccc2c1-c1cncc(Br)c1. The first-order valence-corrected chi connectivity index (χ1v) is 13.4. The van der Waals surface area contributed by atoms with E-state index < -0.39 is 0 Å². The third kappa shape index (κ3) is 6.39.